The van der Waals surface area contributed by atoms with Crippen molar-refractivity contribution in [3.8, 4) is 5.69 Å². The number of carboxylic acids is 1. The molecule has 0 radical (unpaired) electrons. The van der Waals surface area contributed by atoms with E-state index in [-0.39, 0.29) is 10.9 Å². The van der Waals surface area contributed by atoms with Gasteiger partial charge < -0.3 is 5.11 Å². The molecule has 8 heteroatoms. The zero-order valence-electron chi connectivity index (χ0n) is 10.8. The Labute approximate surface area is 132 Å². The summed E-state index contributed by atoms with van der Waals surface area (Å²) >= 11 is 4.00. The summed E-state index contributed by atoms with van der Waals surface area (Å²) in [6.07, 6.45) is 1.45. The van der Waals surface area contributed by atoms with Crippen molar-refractivity contribution in [3.63, 3.8) is 0 Å². The lowest BCUT2D eigenvalue weighted by molar-refractivity contribution is -0.133. The second-order valence-corrected chi connectivity index (χ2v) is 5.95. The first-order valence-corrected chi connectivity index (χ1v) is 7.56. The summed E-state index contributed by atoms with van der Waals surface area (Å²) in [6.45, 7) is 1.78. The van der Waals surface area contributed by atoms with Gasteiger partial charge in [-0.2, -0.15) is 4.98 Å². The van der Waals surface area contributed by atoms with Crippen LogP contribution >= 0.6 is 27.7 Å². The van der Waals surface area contributed by atoms with Gasteiger partial charge in [0.05, 0.1) is 15.9 Å². The number of aromatic nitrogens is 2. The predicted octanol–water partition coefficient (Wildman–Crippen LogP) is 2.62. The standard InChI is InChI=1S/C13H10BrFN2O3S/c1-7-4-8(14)9(15)5-10(7)17-3-2-11(18)16-13(17)21-6-12(19)20/h2-5H,6H2,1H3,(H,19,20). The van der Waals surface area contributed by atoms with E-state index in [9.17, 15) is 14.0 Å². The molecule has 0 atom stereocenters. The average molecular weight is 373 g/mol. The highest BCUT2D eigenvalue weighted by molar-refractivity contribution is 9.10. The molecule has 2 aromatic rings. The van der Waals surface area contributed by atoms with Crippen molar-refractivity contribution < 1.29 is 14.3 Å². The van der Waals surface area contributed by atoms with E-state index in [4.69, 9.17) is 5.11 Å². The Hall–Kier alpha value is -1.67. The molecule has 110 valence electrons. The smallest absolute Gasteiger partial charge is 0.313 e. The fraction of sp³-hybridized carbons (Fsp3) is 0.154. The number of aliphatic carboxylic acids is 1. The van der Waals surface area contributed by atoms with Crippen LogP contribution in [0.15, 0.2) is 38.8 Å². The van der Waals surface area contributed by atoms with E-state index >= 15 is 0 Å². The van der Waals surface area contributed by atoms with Crippen LogP contribution in [-0.4, -0.2) is 26.4 Å². The fourth-order valence-corrected chi connectivity index (χ4v) is 2.86. The van der Waals surface area contributed by atoms with Gasteiger partial charge in [-0.25, -0.2) is 4.39 Å². The third-order valence-electron chi connectivity index (χ3n) is 2.60. The van der Waals surface area contributed by atoms with E-state index in [2.05, 4.69) is 20.9 Å². The number of halogens is 2. The number of hydrogen-bond donors (Lipinski definition) is 1. The quantitative estimate of drug-likeness (QED) is 0.659. The van der Waals surface area contributed by atoms with Gasteiger partial charge in [-0.1, -0.05) is 11.8 Å². The molecular weight excluding hydrogens is 363 g/mol. The van der Waals surface area contributed by atoms with Gasteiger partial charge in [0.2, 0.25) is 0 Å². The van der Waals surface area contributed by atoms with Gasteiger partial charge in [0.1, 0.15) is 5.82 Å². The van der Waals surface area contributed by atoms with Crippen LogP contribution < -0.4 is 5.56 Å². The first kappa shape index (κ1) is 15.7. The molecule has 0 fully saturated rings. The Kier molecular flexibility index (Phi) is 4.79. The number of thioether (sulfide) groups is 1. The lowest BCUT2D eigenvalue weighted by atomic mass is 10.2. The van der Waals surface area contributed by atoms with E-state index in [1.54, 1.807) is 13.0 Å². The third-order valence-corrected chi connectivity index (χ3v) is 4.15. The lowest BCUT2D eigenvalue weighted by Crippen LogP contribution is -2.14. The van der Waals surface area contributed by atoms with E-state index in [1.807, 2.05) is 0 Å². The molecule has 21 heavy (non-hydrogen) atoms. The van der Waals surface area contributed by atoms with Crippen molar-refractivity contribution >= 4 is 33.7 Å². The number of carbonyl (C=O) groups is 1. The number of rotatable bonds is 4. The number of hydrogen-bond acceptors (Lipinski definition) is 4. The Morgan fingerprint density at radius 3 is 2.90 bits per heavy atom. The first-order valence-electron chi connectivity index (χ1n) is 5.79. The van der Waals surface area contributed by atoms with Crippen molar-refractivity contribution in [2.75, 3.05) is 5.75 Å². The second kappa shape index (κ2) is 6.40. The molecule has 1 N–H and O–H groups in total. The van der Waals surface area contributed by atoms with Gasteiger partial charge in [0.15, 0.2) is 5.16 Å². The summed E-state index contributed by atoms with van der Waals surface area (Å²) in [5.41, 5.74) is 0.774. The lowest BCUT2D eigenvalue weighted by Gasteiger charge is -2.14. The molecular formula is C13H10BrFN2O3S. The maximum Gasteiger partial charge on any atom is 0.313 e. The minimum absolute atomic E-state index is 0.203. The third kappa shape index (κ3) is 3.70. The Balaban J connectivity index is 2.55. The minimum atomic E-state index is -1.02. The molecule has 0 saturated carbocycles. The molecule has 1 aromatic carbocycles. The van der Waals surface area contributed by atoms with Crippen LogP contribution in [0.25, 0.3) is 5.69 Å². The average Bonchev–Trinajstić information content (AvgIpc) is 2.41. The van der Waals surface area contributed by atoms with Gasteiger partial charge in [-0.15, -0.1) is 0 Å². The van der Waals surface area contributed by atoms with Crippen molar-refractivity contribution in [1.82, 2.24) is 9.55 Å². The summed E-state index contributed by atoms with van der Waals surface area (Å²) in [7, 11) is 0. The number of aryl methyl sites for hydroxylation is 1. The van der Waals surface area contributed by atoms with Crippen molar-refractivity contribution in [3.05, 3.63) is 50.6 Å². The maximum absolute atomic E-state index is 13.7. The topological polar surface area (TPSA) is 72.2 Å². The predicted molar refractivity (Wildman–Crippen MR) is 80.6 cm³/mol. The van der Waals surface area contributed by atoms with Gasteiger partial charge in [0, 0.05) is 12.3 Å². The van der Waals surface area contributed by atoms with Gasteiger partial charge in [0.25, 0.3) is 5.56 Å². The van der Waals surface area contributed by atoms with Crippen LogP contribution in [0.4, 0.5) is 4.39 Å². The Morgan fingerprint density at radius 1 is 1.52 bits per heavy atom. The second-order valence-electron chi connectivity index (χ2n) is 4.15. The maximum atomic E-state index is 13.7. The molecule has 0 saturated heterocycles. The molecule has 2 rings (SSSR count). The number of nitrogens with zero attached hydrogens (tertiary/aromatic N) is 2. The molecule has 0 aliphatic carbocycles. The number of benzene rings is 1. The van der Waals surface area contributed by atoms with Crippen LogP contribution in [-0.2, 0) is 4.79 Å². The van der Waals surface area contributed by atoms with Crippen LogP contribution in [0.1, 0.15) is 5.56 Å². The SMILES string of the molecule is Cc1cc(Br)c(F)cc1-n1ccc(=O)nc1SCC(=O)O. The zero-order valence-corrected chi connectivity index (χ0v) is 13.2. The summed E-state index contributed by atoms with van der Waals surface area (Å²) in [4.78, 5) is 25.8. The molecule has 1 heterocycles. The van der Waals surface area contributed by atoms with E-state index in [0.29, 0.717) is 10.2 Å². The van der Waals surface area contributed by atoms with Crippen molar-refractivity contribution in [2.45, 2.75) is 12.1 Å². The van der Waals surface area contributed by atoms with Gasteiger partial charge in [-0.3, -0.25) is 14.2 Å². The van der Waals surface area contributed by atoms with Crippen LogP contribution in [0.3, 0.4) is 0 Å². The molecule has 0 amide bonds. The van der Waals surface area contributed by atoms with Crippen molar-refractivity contribution in [1.29, 1.82) is 0 Å². The van der Waals surface area contributed by atoms with Gasteiger partial charge >= 0.3 is 5.97 Å². The molecule has 0 unspecified atom stereocenters. The van der Waals surface area contributed by atoms with E-state index in [0.717, 1.165) is 17.3 Å². The fourth-order valence-electron chi connectivity index (χ4n) is 1.69. The zero-order chi connectivity index (χ0) is 15.6. The number of carboxylic acid groups (broad SMARTS) is 1. The van der Waals surface area contributed by atoms with E-state index in [1.165, 1.54) is 22.9 Å². The summed E-state index contributed by atoms with van der Waals surface area (Å²) in [5, 5.41) is 8.94. The molecule has 1 aromatic heterocycles. The minimum Gasteiger partial charge on any atom is -0.481 e. The molecule has 0 aliphatic rings. The molecule has 0 spiro atoms. The highest BCUT2D eigenvalue weighted by Gasteiger charge is 2.12. The monoisotopic (exact) mass is 372 g/mol. The molecule has 5 nitrogen and oxygen atoms in total. The van der Waals surface area contributed by atoms with Crippen LogP contribution in [0.2, 0.25) is 0 Å². The molecule has 0 aliphatic heterocycles. The molecule has 0 bridgehead atoms. The summed E-state index contributed by atoms with van der Waals surface area (Å²) < 4.78 is 15.6. The van der Waals surface area contributed by atoms with Gasteiger partial charge in [-0.05, 0) is 40.5 Å². The highest BCUT2D eigenvalue weighted by atomic mass is 79.9. The van der Waals surface area contributed by atoms with Crippen molar-refractivity contribution in [2.24, 2.45) is 0 Å². The van der Waals surface area contributed by atoms with Crippen LogP contribution in [0, 0.1) is 12.7 Å². The van der Waals surface area contributed by atoms with Crippen LogP contribution in [0.5, 0.6) is 0 Å². The van der Waals surface area contributed by atoms with E-state index < -0.39 is 17.3 Å². The highest BCUT2D eigenvalue weighted by Crippen LogP contribution is 2.26. The summed E-state index contributed by atoms with van der Waals surface area (Å²) in [5.74, 6) is -1.72. The largest absolute Gasteiger partial charge is 0.481 e. The Morgan fingerprint density at radius 2 is 2.24 bits per heavy atom. The Bertz CT molecular complexity index is 764. The first-order chi connectivity index (χ1) is 9.88. The summed E-state index contributed by atoms with van der Waals surface area (Å²) in [6, 6.07) is 4.15. The normalized spacial score (nSPS) is 10.6.